The maximum Gasteiger partial charge on any atom is 0.260 e. The van der Waals surface area contributed by atoms with Gasteiger partial charge in [-0.2, -0.15) is 0 Å². The van der Waals surface area contributed by atoms with Crippen LogP contribution in [0.3, 0.4) is 0 Å². The molecular formula is C20H24ClNO2. The van der Waals surface area contributed by atoms with E-state index in [2.05, 4.69) is 36.5 Å². The van der Waals surface area contributed by atoms with Gasteiger partial charge in [-0.25, -0.2) is 0 Å². The largest absolute Gasteiger partial charge is 0.481 e. The minimum Gasteiger partial charge on any atom is -0.481 e. The molecule has 0 bridgehead atoms. The average molecular weight is 346 g/mol. The minimum absolute atomic E-state index is 0.105. The Morgan fingerprint density at radius 2 is 1.88 bits per heavy atom. The molecule has 0 radical (unpaired) electrons. The molecule has 0 aromatic heterocycles. The summed E-state index contributed by atoms with van der Waals surface area (Å²) in [5.41, 5.74) is 3.48. The fourth-order valence-corrected chi connectivity index (χ4v) is 2.47. The number of benzene rings is 2. The zero-order valence-corrected chi connectivity index (χ0v) is 15.2. The van der Waals surface area contributed by atoms with Crippen molar-refractivity contribution in [1.82, 2.24) is 5.32 Å². The highest BCUT2D eigenvalue weighted by molar-refractivity contribution is 6.31. The van der Waals surface area contributed by atoms with Gasteiger partial charge in [-0.1, -0.05) is 41.4 Å². The van der Waals surface area contributed by atoms with Gasteiger partial charge >= 0.3 is 0 Å². The second kappa shape index (κ2) is 8.74. The summed E-state index contributed by atoms with van der Waals surface area (Å²) < 4.78 is 5.67. The van der Waals surface area contributed by atoms with E-state index in [-0.39, 0.29) is 5.91 Å². The SMILES string of the molecule is Cc1ccc(CCCNC(=O)C(C)Oc2ccc(Cl)c(C)c2)cc1. The molecule has 1 amide bonds. The molecule has 1 N–H and O–H groups in total. The molecule has 0 aliphatic rings. The quantitative estimate of drug-likeness (QED) is 0.752. The smallest absolute Gasteiger partial charge is 0.260 e. The maximum atomic E-state index is 12.1. The van der Waals surface area contributed by atoms with Crippen LogP contribution in [0.1, 0.15) is 30.0 Å². The van der Waals surface area contributed by atoms with Crippen LogP contribution >= 0.6 is 11.6 Å². The third-order valence-corrected chi connectivity index (χ3v) is 4.30. The molecule has 1 unspecified atom stereocenters. The molecule has 4 heteroatoms. The third-order valence-electron chi connectivity index (χ3n) is 3.87. The van der Waals surface area contributed by atoms with E-state index in [1.807, 2.05) is 13.0 Å². The number of nitrogens with one attached hydrogen (secondary N) is 1. The molecule has 2 aromatic rings. The molecule has 0 aliphatic heterocycles. The lowest BCUT2D eigenvalue weighted by Crippen LogP contribution is -2.36. The van der Waals surface area contributed by atoms with Gasteiger partial charge in [0, 0.05) is 11.6 Å². The van der Waals surface area contributed by atoms with Gasteiger partial charge in [-0.15, -0.1) is 0 Å². The molecule has 0 fully saturated rings. The topological polar surface area (TPSA) is 38.3 Å². The van der Waals surface area contributed by atoms with Gasteiger partial charge < -0.3 is 10.1 Å². The van der Waals surface area contributed by atoms with Crippen LogP contribution in [0.15, 0.2) is 42.5 Å². The van der Waals surface area contributed by atoms with Crippen molar-refractivity contribution in [2.75, 3.05) is 6.54 Å². The molecule has 2 rings (SSSR count). The van der Waals surface area contributed by atoms with E-state index in [1.165, 1.54) is 11.1 Å². The summed E-state index contributed by atoms with van der Waals surface area (Å²) in [6.45, 7) is 6.37. The van der Waals surface area contributed by atoms with Crippen LogP contribution in [0.4, 0.5) is 0 Å². The van der Waals surface area contributed by atoms with Gasteiger partial charge in [-0.05, 0) is 62.9 Å². The molecule has 1 atom stereocenters. The van der Waals surface area contributed by atoms with Crippen molar-refractivity contribution in [3.63, 3.8) is 0 Å². The highest BCUT2D eigenvalue weighted by atomic mass is 35.5. The van der Waals surface area contributed by atoms with Crippen molar-refractivity contribution in [2.45, 2.75) is 39.7 Å². The number of aryl methyl sites for hydroxylation is 3. The van der Waals surface area contributed by atoms with Gasteiger partial charge in [-0.3, -0.25) is 4.79 Å². The van der Waals surface area contributed by atoms with Gasteiger partial charge in [0.05, 0.1) is 0 Å². The molecule has 0 saturated carbocycles. The Balaban J connectivity index is 1.73. The highest BCUT2D eigenvalue weighted by Crippen LogP contribution is 2.21. The number of carbonyl (C=O) groups is 1. The van der Waals surface area contributed by atoms with Crippen LogP contribution in [-0.2, 0) is 11.2 Å². The molecule has 3 nitrogen and oxygen atoms in total. The monoisotopic (exact) mass is 345 g/mol. The zero-order valence-electron chi connectivity index (χ0n) is 14.4. The first-order valence-electron chi connectivity index (χ1n) is 8.22. The maximum absolute atomic E-state index is 12.1. The Morgan fingerprint density at radius 1 is 1.17 bits per heavy atom. The lowest BCUT2D eigenvalue weighted by atomic mass is 10.1. The third kappa shape index (κ3) is 5.57. The minimum atomic E-state index is -0.537. The average Bonchev–Trinajstić information content (AvgIpc) is 2.56. The van der Waals surface area contributed by atoms with Crippen LogP contribution in [0, 0.1) is 13.8 Å². The van der Waals surface area contributed by atoms with Gasteiger partial charge in [0.15, 0.2) is 6.10 Å². The number of amides is 1. The molecule has 0 heterocycles. The van der Waals surface area contributed by atoms with E-state index < -0.39 is 6.10 Å². The van der Waals surface area contributed by atoms with E-state index in [1.54, 1.807) is 19.1 Å². The Morgan fingerprint density at radius 3 is 2.54 bits per heavy atom. The van der Waals surface area contributed by atoms with E-state index in [4.69, 9.17) is 16.3 Å². The summed E-state index contributed by atoms with van der Waals surface area (Å²) in [5, 5.41) is 3.61. The number of halogens is 1. The fraction of sp³-hybridized carbons (Fsp3) is 0.350. The first-order valence-corrected chi connectivity index (χ1v) is 8.59. The van der Waals surface area contributed by atoms with Crippen molar-refractivity contribution in [3.05, 3.63) is 64.2 Å². The van der Waals surface area contributed by atoms with Crippen LogP contribution in [-0.4, -0.2) is 18.6 Å². The van der Waals surface area contributed by atoms with E-state index >= 15 is 0 Å². The predicted octanol–water partition coefficient (Wildman–Crippen LogP) is 4.47. The Bertz CT molecular complexity index is 683. The van der Waals surface area contributed by atoms with Gasteiger partial charge in [0.1, 0.15) is 5.75 Å². The standard InChI is InChI=1S/C20H24ClNO2/c1-14-6-8-17(9-7-14)5-4-12-22-20(23)16(3)24-18-10-11-19(21)15(2)13-18/h6-11,13,16H,4-5,12H2,1-3H3,(H,22,23). The normalized spacial score (nSPS) is 11.8. The summed E-state index contributed by atoms with van der Waals surface area (Å²) in [6.07, 6.45) is 1.32. The second-order valence-electron chi connectivity index (χ2n) is 6.05. The Kier molecular flexibility index (Phi) is 6.68. The Labute approximate surface area is 149 Å². The van der Waals surface area contributed by atoms with E-state index in [0.717, 1.165) is 18.4 Å². The molecule has 0 saturated heterocycles. The molecule has 0 spiro atoms. The first-order chi connectivity index (χ1) is 11.5. The van der Waals surface area contributed by atoms with Crippen LogP contribution in [0.5, 0.6) is 5.75 Å². The number of rotatable bonds is 7. The van der Waals surface area contributed by atoms with Crippen LogP contribution in [0.2, 0.25) is 5.02 Å². The number of hydrogen-bond donors (Lipinski definition) is 1. The van der Waals surface area contributed by atoms with Crippen LogP contribution in [0.25, 0.3) is 0 Å². The second-order valence-corrected chi connectivity index (χ2v) is 6.46. The zero-order chi connectivity index (χ0) is 17.5. The number of carbonyl (C=O) groups excluding carboxylic acids is 1. The summed E-state index contributed by atoms with van der Waals surface area (Å²) in [7, 11) is 0. The van der Waals surface area contributed by atoms with Crippen LogP contribution < -0.4 is 10.1 Å². The summed E-state index contributed by atoms with van der Waals surface area (Å²) in [4.78, 5) is 12.1. The molecular weight excluding hydrogens is 322 g/mol. The molecule has 2 aromatic carbocycles. The molecule has 128 valence electrons. The Hall–Kier alpha value is -2.00. The van der Waals surface area contributed by atoms with Crippen molar-refractivity contribution in [2.24, 2.45) is 0 Å². The lowest BCUT2D eigenvalue weighted by molar-refractivity contribution is -0.127. The highest BCUT2D eigenvalue weighted by Gasteiger charge is 2.14. The van der Waals surface area contributed by atoms with E-state index in [0.29, 0.717) is 17.3 Å². The summed E-state index contributed by atoms with van der Waals surface area (Å²) >= 11 is 5.99. The first kappa shape index (κ1) is 18.3. The lowest BCUT2D eigenvalue weighted by Gasteiger charge is -2.15. The van der Waals surface area contributed by atoms with Crippen molar-refractivity contribution in [1.29, 1.82) is 0 Å². The van der Waals surface area contributed by atoms with Crippen molar-refractivity contribution in [3.8, 4) is 5.75 Å². The van der Waals surface area contributed by atoms with Gasteiger partial charge in [0.25, 0.3) is 5.91 Å². The summed E-state index contributed by atoms with van der Waals surface area (Å²) in [5.74, 6) is 0.547. The van der Waals surface area contributed by atoms with E-state index in [9.17, 15) is 4.79 Å². The number of ether oxygens (including phenoxy) is 1. The van der Waals surface area contributed by atoms with Crippen molar-refractivity contribution < 1.29 is 9.53 Å². The number of hydrogen-bond acceptors (Lipinski definition) is 2. The molecule has 0 aliphatic carbocycles. The summed E-state index contributed by atoms with van der Waals surface area (Å²) in [6, 6.07) is 13.9. The predicted molar refractivity (Wildman–Crippen MR) is 98.8 cm³/mol. The van der Waals surface area contributed by atoms with Gasteiger partial charge in [0.2, 0.25) is 0 Å². The molecule has 24 heavy (non-hydrogen) atoms. The van der Waals surface area contributed by atoms with Crippen molar-refractivity contribution >= 4 is 17.5 Å². The fourth-order valence-electron chi connectivity index (χ4n) is 2.35.